The Morgan fingerprint density at radius 1 is 0.917 bits per heavy atom. The molecule has 0 fully saturated rings. The average molecular weight is 342 g/mol. The Hall–Kier alpha value is -2.47. The number of aromatic nitrogens is 1. The van der Waals surface area contributed by atoms with E-state index in [-0.39, 0.29) is 5.91 Å². The number of para-hydroxylation sites is 1. The van der Waals surface area contributed by atoms with Crippen molar-refractivity contribution in [3.8, 4) is 0 Å². The summed E-state index contributed by atoms with van der Waals surface area (Å²) in [5, 5.41) is 9.74. The number of hydrogen-bond donors (Lipinski definition) is 3. The maximum atomic E-state index is 11.8. The number of hydrogen-bond acceptors (Lipinski definition) is 3. The predicted octanol–water partition coefficient (Wildman–Crippen LogP) is 3.57. The van der Waals surface area contributed by atoms with Gasteiger partial charge in [-0.2, -0.15) is 0 Å². The van der Waals surface area contributed by atoms with Crippen molar-refractivity contribution in [3.05, 3.63) is 54.9 Å². The van der Waals surface area contributed by atoms with Gasteiger partial charge in [-0.05, 0) is 49.3 Å². The van der Waals surface area contributed by atoms with Gasteiger partial charge in [0.25, 0.3) is 0 Å². The first-order valence-electron chi connectivity index (χ1n) is 8.04. The quantitative estimate of drug-likeness (QED) is 0.505. The zero-order chi connectivity index (χ0) is 17.0. The lowest BCUT2D eigenvalue weighted by atomic mass is 10.2. The third-order valence-electron chi connectivity index (χ3n) is 3.36. The third-order valence-corrected chi connectivity index (χ3v) is 3.61. The van der Waals surface area contributed by atoms with Crippen molar-refractivity contribution in [2.24, 2.45) is 0 Å². The largest absolute Gasteiger partial charge is 0.362 e. The summed E-state index contributed by atoms with van der Waals surface area (Å²) >= 11 is 5.22. The van der Waals surface area contributed by atoms with Gasteiger partial charge in [0.1, 0.15) is 0 Å². The fraction of sp³-hybridized carbons (Fsp3) is 0.278. The molecule has 6 heteroatoms. The van der Waals surface area contributed by atoms with E-state index in [1.165, 1.54) is 0 Å². The van der Waals surface area contributed by atoms with Gasteiger partial charge in [0.2, 0.25) is 5.91 Å². The lowest BCUT2D eigenvalue weighted by molar-refractivity contribution is -0.116. The lowest BCUT2D eigenvalue weighted by Gasteiger charge is -2.10. The summed E-state index contributed by atoms with van der Waals surface area (Å²) in [4.78, 5) is 15.7. The molecule has 1 aromatic carbocycles. The molecule has 1 amide bonds. The number of nitrogens with one attached hydrogen (secondary N) is 3. The van der Waals surface area contributed by atoms with Crippen molar-refractivity contribution >= 4 is 34.6 Å². The molecule has 0 spiro atoms. The Bertz CT molecular complexity index is 576. The Morgan fingerprint density at radius 2 is 1.62 bits per heavy atom. The second kappa shape index (κ2) is 10.3. The molecule has 2 rings (SSSR count). The van der Waals surface area contributed by atoms with Crippen LogP contribution in [0.2, 0.25) is 0 Å². The number of benzene rings is 1. The maximum absolute atomic E-state index is 11.8. The summed E-state index contributed by atoms with van der Waals surface area (Å²) < 4.78 is 0. The van der Waals surface area contributed by atoms with E-state index in [0.717, 1.165) is 37.2 Å². The molecule has 0 radical (unpaired) electrons. The van der Waals surface area contributed by atoms with Gasteiger partial charge >= 0.3 is 0 Å². The minimum atomic E-state index is 0.0593. The van der Waals surface area contributed by atoms with Gasteiger partial charge in [0, 0.05) is 36.7 Å². The number of pyridine rings is 1. The van der Waals surface area contributed by atoms with Crippen LogP contribution in [0.4, 0.5) is 11.4 Å². The van der Waals surface area contributed by atoms with Gasteiger partial charge in [-0.15, -0.1) is 0 Å². The van der Waals surface area contributed by atoms with E-state index in [1.54, 1.807) is 12.4 Å². The lowest BCUT2D eigenvalue weighted by Crippen LogP contribution is -2.29. The molecule has 126 valence electrons. The molecule has 0 saturated heterocycles. The number of carbonyl (C=O) groups excluding carboxylic acids is 1. The first kappa shape index (κ1) is 17.9. The molecule has 5 nitrogen and oxygen atoms in total. The SMILES string of the molecule is O=C(CCCCCNC(=S)Nc1ccncc1)Nc1ccccc1. The van der Waals surface area contributed by atoms with E-state index in [4.69, 9.17) is 12.2 Å². The molecular weight excluding hydrogens is 320 g/mol. The highest BCUT2D eigenvalue weighted by Gasteiger charge is 2.02. The van der Waals surface area contributed by atoms with E-state index in [2.05, 4.69) is 20.9 Å². The van der Waals surface area contributed by atoms with Crippen LogP contribution in [-0.2, 0) is 4.79 Å². The average Bonchev–Trinajstić information content (AvgIpc) is 2.60. The fourth-order valence-electron chi connectivity index (χ4n) is 2.14. The number of carbonyl (C=O) groups is 1. The molecule has 3 N–H and O–H groups in total. The normalized spacial score (nSPS) is 10.0. The van der Waals surface area contributed by atoms with Crippen LogP contribution in [0.25, 0.3) is 0 Å². The molecule has 0 atom stereocenters. The van der Waals surface area contributed by atoms with Gasteiger partial charge in [-0.25, -0.2) is 0 Å². The smallest absolute Gasteiger partial charge is 0.224 e. The highest BCUT2D eigenvalue weighted by atomic mass is 32.1. The Balaban J connectivity index is 1.50. The van der Waals surface area contributed by atoms with Crippen LogP contribution < -0.4 is 16.0 Å². The van der Waals surface area contributed by atoms with E-state index >= 15 is 0 Å². The number of thiocarbonyl (C=S) groups is 1. The minimum Gasteiger partial charge on any atom is -0.362 e. The molecule has 0 aliphatic rings. The number of nitrogens with zero attached hydrogens (tertiary/aromatic N) is 1. The number of rotatable bonds is 8. The third kappa shape index (κ3) is 7.19. The molecular formula is C18H22N4OS. The summed E-state index contributed by atoms with van der Waals surface area (Å²) in [5.74, 6) is 0.0593. The van der Waals surface area contributed by atoms with Crippen molar-refractivity contribution in [2.75, 3.05) is 17.2 Å². The first-order chi connectivity index (χ1) is 11.7. The van der Waals surface area contributed by atoms with Gasteiger partial charge < -0.3 is 16.0 Å². The predicted molar refractivity (Wildman–Crippen MR) is 102 cm³/mol. The van der Waals surface area contributed by atoms with Crippen molar-refractivity contribution < 1.29 is 4.79 Å². The summed E-state index contributed by atoms with van der Waals surface area (Å²) in [5.41, 5.74) is 1.76. The zero-order valence-electron chi connectivity index (χ0n) is 13.5. The summed E-state index contributed by atoms with van der Waals surface area (Å²) in [6.07, 6.45) is 6.78. The second-order valence-corrected chi connectivity index (χ2v) is 5.75. The van der Waals surface area contributed by atoms with E-state index in [0.29, 0.717) is 11.5 Å². The highest BCUT2D eigenvalue weighted by Crippen LogP contribution is 2.07. The van der Waals surface area contributed by atoms with Crippen LogP contribution >= 0.6 is 12.2 Å². The van der Waals surface area contributed by atoms with E-state index < -0.39 is 0 Å². The molecule has 1 aromatic heterocycles. The number of unbranched alkanes of at least 4 members (excludes halogenated alkanes) is 2. The van der Waals surface area contributed by atoms with Gasteiger partial charge in [-0.1, -0.05) is 24.6 Å². The van der Waals surface area contributed by atoms with Crippen LogP contribution in [0.5, 0.6) is 0 Å². The molecule has 24 heavy (non-hydrogen) atoms. The van der Waals surface area contributed by atoms with E-state index in [9.17, 15) is 4.79 Å². The standard InChI is InChI=1S/C18H22N4OS/c23-17(21-15-7-3-1-4-8-15)9-5-2-6-12-20-18(24)22-16-10-13-19-14-11-16/h1,3-4,7-8,10-11,13-14H,2,5-6,9,12H2,(H,21,23)(H2,19,20,22,24). The zero-order valence-corrected chi connectivity index (χ0v) is 14.3. The van der Waals surface area contributed by atoms with Gasteiger partial charge in [0.05, 0.1) is 0 Å². The monoisotopic (exact) mass is 342 g/mol. The molecule has 2 aromatic rings. The molecule has 0 saturated carbocycles. The maximum Gasteiger partial charge on any atom is 0.224 e. The molecule has 0 unspecified atom stereocenters. The van der Waals surface area contributed by atoms with E-state index in [1.807, 2.05) is 42.5 Å². The summed E-state index contributed by atoms with van der Waals surface area (Å²) in [7, 11) is 0. The molecule has 1 heterocycles. The topological polar surface area (TPSA) is 66.0 Å². The van der Waals surface area contributed by atoms with Crippen molar-refractivity contribution in [1.29, 1.82) is 0 Å². The summed E-state index contributed by atoms with van der Waals surface area (Å²) in [6, 6.07) is 13.2. The van der Waals surface area contributed by atoms with Crippen LogP contribution in [0, 0.1) is 0 Å². The van der Waals surface area contributed by atoms with Crippen molar-refractivity contribution in [1.82, 2.24) is 10.3 Å². The van der Waals surface area contributed by atoms with Crippen molar-refractivity contribution in [2.45, 2.75) is 25.7 Å². The van der Waals surface area contributed by atoms with Gasteiger partial charge in [0.15, 0.2) is 5.11 Å². The molecule has 0 bridgehead atoms. The van der Waals surface area contributed by atoms with Crippen LogP contribution in [0.15, 0.2) is 54.9 Å². The summed E-state index contributed by atoms with van der Waals surface area (Å²) in [6.45, 7) is 0.789. The highest BCUT2D eigenvalue weighted by molar-refractivity contribution is 7.80. The molecule has 0 aliphatic carbocycles. The fourth-order valence-corrected chi connectivity index (χ4v) is 2.36. The Kier molecular flexibility index (Phi) is 7.70. The van der Waals surface area contributed by atoms with Crippen LogP contribution in [0.1, 0.15) is 25.7 Å². The number of anilines is 2. The van der Waals surface area contributed by atoms with Crippen molar-refractivity contribution in [3.63, 3.8) is 0 Å². The second-order valence-electron chi connectivity index (χ2n) is 5.34. The van der Waals surface area contributed by atoms with Crippen LogP contribution in [0.3, 0.4) is 0 Å². The van der Waals surface area contributed by atoms with Gasteiger partial charge in [-0.3, -0.25) is 9.78 Å². The van der Waals surface area contributed by atoms with Crippen LogP contribution in [-0.4, -0.2) is 22.5 Å². The Morgan fingerprint density at radius 3 is 2.38 bits per heavy atom. The Labute approximate surface area is 147 Å². The number of amides is 1. The minimum absolute atomic E-state index is 0.0593. The molecule has 0 aliphatic heterocycles. The first-order valence-corrected chi connectivity index (χ1v) is 8.44.